The first kappa shape index (κ1) is 9.39. The number of aliphatic hydroxyl groups is 1. The lowest BCUT2D eigenvalue weighted by atomic mass is 9.90. The van der Waals surface area contributed by atoms with Gasteiger partial charge >= 0.3 is 0 Å². The maximum Gasteiger partial charge on any atom is 0.243 e. The second-order valence-electron chi connectivity index (χ2n) is 3.03. The summed E-state index contributed by atoms with van der Waals surface area (Å²) in [4.78, 5) is 10.5. The lowest BCUT2D eigenvalue weighted by Crippen LogP contribution is -2.28. The molecule has 0 rings (SSSR count). The smallest absolute Gasteiger partial charge is 0.243 e. The molecule has 0 saturated carbocycles. The predicted molar refractivity (Wildman–Crippen MR) is 35.4 cm³/mol. The van der Waals surface area contributed by atoms with E-state index in [0.717, 1.165) is 0 Å². The monoisotopic (exact) mass is 147 g/mol. The summed E-state index contributed by atoms with van der Waals surface area (Å²) < 4.78 is 0. The van der Waals surface area contributed by atoms with Crippen molar-refractivity contribution in [3.05, 3.63) is 0 Å². The first-order chi connectivity index (χ1) is 4.52. The number of rotatable bonds is 3. The molecular formula is C6H13NO3. The fourth-order valence-electron chi connectivity index (χ4n) is 0.530. The second-order valence-corrected chi connectivity index (χ2v) is 3.03. The van der Waals surface area contributed by atoms with Gasteiger partial charge in [0, 0.05) is 13.0 Å². The first-order valence-electron chi connectivity index (χ1n) is 3.05. The molecule has 4 heteroatoms. The molecule has 4 nitrogen and oxygen atoms in total. The Morgan fingerprint density at radius 1 is 1.60 bits per heavy atom. The fraction of sp³-hybridized carbons (Fsp3) is 0.833. The molecule has 10 heavy (non-hydrogen) atoms. The van der Waals surface area contributed by atoms with Crippen LogP contribution in [0.15, 0.2) is 0 Å². The van der Waals surface area contributed by atoms with Crippen LogP contribution in [0.1, 0.15) is 20.3 Å². The van der Waals surface area contributed by atoms with Gasteiger partial charge < -0.3 is 5.11 Å². The van der Waals surface area contributed by atoms with E-state index in [2.05, 4.69) is 0 Å². The van der Waals surface area contributed by atoms with E-state index in [1.54, 1.807) is 13.8 Å². The van der Waals surface area contributed by atoms with Gasteiger partial charge in [-0.05, 0) is 5.41 Å². The third-order valence-corrected chi connectivity index (χ3v) is 1.19. The number of aliphatic hydroxyl groups excluding tert-OH is 1. The zero-order valence-corrected chi connectivity index (χ0v) is 6.22. The molecule has 0 aliphatic carbocycles. The lowest BCUT2D eigenvalue weighted by molar-refractivity contribution is -0.131. The molecule has 0 aliphatic rings. The molecular weight excluding hydrogens is 134 g/mol. The maximum absolute atomic E-state index is 10.5. The molecule has 0 aromatic carbocycles. The molecule has 0 aromatic heterocycles. The normalized spacial score (nSPS) is 11.2. The van der Waals surface area contributed by atoms with Crippen molar-refractivity contribution >= 4 is 5.91 Å². The largest absolute Gasteiger partial charge is 0.396 e. The number of hydrogen-bond donors (Lipinski definition) is 3. The van der Waals surface area contributed by atoms with Gasteiger partial charge in [-0.25, -0.2) is 5.48 Å². The summed E-state index contributed by atoms with van der Waals surface area (Å²) in [7, 11) is 0. The van der Waals surface area contributed by atoms with Gasteiger partial charge in [0.15, 0.2) is 0 Å². The van der Waals surface area contributed by atoms with Crippen molar-refractivity contribution in [1.82, 2.24) is 5.48 Å². The van der Waals surface area contributed by atoms with Crippen molar-refractivity contribution in [2.24, 2.45) is 5.41 Å². The van der Waals surface area contributed by atoms with Gasteiger partial charge in [-0.3, -0.25) is 10.0 Å². The standard InChI is InChI=1S/C6H13NO3/c1-6(2,4-8)3-5(9)7-10/h8,10H,3-4H2,1-2H3,(H,7,9). The highest BCUT2D eigenvalue weighted by Crippen LogP contribution is 2.17. The van der Waals surface area contributed by atoms with Crippen LogP contribution in [0, 0.1) is 5.41 Å². The van der Waals surface area contributed by atoms with Crippen molar-refractivity contribution in [2.75, 3.05) is 6.61 Å². The van der Waals surface area contributed by atoms with Crippen molar-refractivity contribution in [3.63, 3.8) is 0 Å². The Morgan fingerprint density at radius 3 is 2.40 bits per heavy atom. The Kier molecular flexibility index (Phi) is 3.32. The van der Waals surface area contributed by atoms with Gasteiger partial charge in [-0.2, -0.15) is 0 Å². The van der Waals surface area contributed by atoms with E-state index in [-0.39, 0.29) is 13.0 Å². The maximum atomic E-state index is 10.5. The molecule has 3 N–H and O–H groups in total. The summed E-state index contributed by atoms with van der Waals surface area (Å²) in [5.41, 5.74) is 1.05. The van der Waals surface area contributed by atoms with Crippen LogP contribution in [-0.2, 0) is 4.79 Å². The average Bonchev–Trinajstić information content (AvgIpc) is 1.87. The minimum Gasteiger partial charge on any atom is -0.396 e. The number of carbonyl (C=O) groups is 1. The van der Waals surface area contributed by atoms with Gasteiger partial charge in [-0.15, -0.1) is 0 Å². The third-order valence-electron chi connectivity index (χ3n) is 1.19. The van der Waals surface area contributed by atoms with Gasteiger partial charge in [0.25, 0.3) is 0 Å². The molecule has 0 atom stereocenters. The summed E-state index contributed by atoms with van der Waals surface area (Å²) in [5.74, 6) is -0.473. The molecule has 0 spiro atoms. The molecule has 0 unspecified atom stereocenters. The van der Waals surface area contributed by atoms with Gasteiger partial charge in [0.2, 0.25) is 5.91 Å². The number of nitrogens with one attached hydrogen (secondary N) is 1. The zero-order chi connectivity index (χ0) is 8.20. The Morgan fingerprint density at radius 2 is 2.10 bits per heavy atom. The summed E-state index contributed by atoms with van der Waals surface area (Å²) in [6.07, 6.45) is 0.125. The van der Waals surface area contributed by atoms with Gasteiger partial charge in [0.1, 0.15) is 0 Å². The van der Waals surface area contributed by atoms with Crippen LogP contribution in [0.3, 0.4) is 0 Å². The number of hydrogen-bond acceptors (Lipinski definition) is 3. The highest BCUT2D eigenvalue weighted by molar-refractivity contribution is 5.75. The van der Waals surface area contributed by atoms with Crippen LogP contribution in [0.2, 0.25) is 0 Å². The SMILES string of the molecule is CC(C)(CO)CC(=O)NO. The van der Waals surface area contributed by atoms with E-state index in [0.29, 0.717) is 0 Å². The van der Waals surface area contributed by atoms with E-state index in [1.165, 1.54) is 5.48 Å². The number of amides is 1. The van der Waals surface area contributed by atoms with Crippen LogP contribution in [0.25, 0.3) is 0 Å². The summed E-state index contributed by atoms with van der Waals surface area (Å²) in [6.45, 7) is 3.41. The van der Waals surface area contributed by atoms with E-state index >= 15 is 0 Å². The van der Waals surface area contributed by atoms with E-state index < -0.39 is 11.3 Å². The zero-order valence-electron chi connectivity index (χ0n) is 6.22. The molecule has 0 bridgehead atoms. The Balaban J connectivity index is 3.76. The average molecular weight is 147 g/mol. The second kappa shape index (κ2) is 3.53. The van der Waals surface area contributed by atoms with Crippen molar-refractivity contribution in [2.45, 2.75) is 20.3 Å². The van der Waals surface area contributed by atoms with Crippen molar-refractivity contribution in [1.29, 1.82) is 0 Å². The van der Waals surface area contributed by atoms with Crippen LogP contribution in [0.4, 0.5) is 0 Å². The van der Waals surface area contributed by atoms with E-state index in [1.807, 2.05) is 0 Å². The lowest BCUT2D eigenvalue weighted by Gasteiger charge is -2.19. The Bertz CT molecular complexity index is 122. The van der Waals surface area contributed by atoms with E-state index in [4.69, 9.17) is 10.3 Å². The van der Waals surface area contributed by atoms with Crippen LogP contribution in [0.5, 0.6) is 0 Å². The summed E-state index contributed by atoms with van der Waals surface area (Å²) in [6, 6.07) is 0. The minimum atomic E-state index is -0.473. The number of hydroxylamine groups is 1. The van der Waals surface area contributed by atoms with E-state index in [9.17, 15) is 4.79 Å². The van der Waals surface area contributed by atoms with Gasteiger partial charge in [-0.1, -0.05) is 13.8 Å². The predicted octanol–water partition coefficient (Wildman–Crippen LogP) is -0.0996. The minimum absolute atomic E-state index is 0.0690. The van der Waals surface area contributed by atoms with Crippen LogP contribution >= 0.6 is 0 Å². The topological polar surface area (TPSA) is 69.6 Å². The van der Waals surface area contributed by atoms with Gasteiger partial charge in [0.05, 0.1) is 0 Å². The molecule has 0 heterocycles. The molecule has 0 fully saturated rings. The third kappa shape index (κ3) is 3.42. The number of carbonyl (C=O) groups excluding carboxylic acids is 1. The van der Waals surface area contributed by atoms with Crippen LogP contribution in [-0.4, -0.2) is 22.8 Å². The summed E-state index contributed by atoms with van der Waals surface area (Å²) >= 11 is 0. The quantitative estimate of drug-likeness (QED) is 0.385. The molecule has 0 saturated heterocycles. The fourth-order valence-corrected chi connectivity index (χ4v) is 0.530. The van der Waals surface area contributed by atoms with Crippen molar-refractivity contribution in [3.8, 4) is 0 Å². The molecule has 0 aliphatic heterocycles. The Hall–Kier alpha value is -0.610. The van der Waals surface area contributed by atoms with Crippen LogP contribution < -0.4 is 5.48 Å². The first-order valence-corrected chi connectivity index (χ1v) is 3.05. The van der Waals surface area contributed by atoms with Crippen molar-refractivity contribution < 1.29 is 15.1 Å². The molecule has 60 valence electrons. The highest BCUT2D eigenvalue weighted by atomic mass is 16.5. The summed E-state index contributed by atoms with van der Waals surface area (Å²) in [5, 5.41) is 16.8. The molecule has 0 aromatic rings. The Labute approximate surface area is 59.8 Å². The highest BCUT2D eigenvalue weighted by Gasteiger charge is 2.20. The molecule has 0 radical (unpaired) electrons. The molecule has 1 amide bonds.